The molecule has 0 N–H and O–H groups in total. The van der Waals surface area contributed by atoms with Crippen molar-refractivity contribution in [3.8, 4) is 0 Å². The Bertz CT molecular complexity index is 397. The van der Waals surface area contributed by atoms with E-state index >= 15 is 0 Å². The minimum atomic E-state index is -1.23. The van der Waals surface area contributed by atoms with E-state index in [1.54, 1.807) is 10.4 Å². The van der Waals surface area contributed by atoms with Crippen LogP contribution in [0.2, 0.25) is 39.3 Å². The molecule has 0 aliphatic heterocycles. The molecule has 0 saturated carbocycles. The van der Waals surface area contributed by atoms with Gasteiger partial charge in [-0.3, -0.25) is 0 Å². The normalized spacial score (nSPS) is 12.8. The Kier molecular flexibility index (Phi) is 4.47. The van der Waals surface area contributed by atoms with Gasteiger partial charge in [-0.05, 0) is 0 Å². The van der Waals surface area contributed by atoms with Gasteiger partial charge in [-0.1, -0.05) is 0 Å². The third kappa shape index (κ3) is 3.20. The number of rotatable bonds is 3. The summed E-state index contributed by atoms with van der Waals surface area (Å²) < 4.78 is 2.41. The van der Waals surface area contributed by atoms with Crippen LogP contribution in [-0.4, -0.2) is 19.9 Å². The van der Waals surface area contributed by atoms with Gasteiger partial charge in [-0.15, -0.1) is 0 Å². The van der Waals surface area contributed by atoms with E-state index in [-0.39, 0.29) is 0 Å². The molecule has 0 aliphatic carbocycles. The first-order chi connectivity index (χ1) is 7.18. The Morgan fingerprint density at radius 1 is 0.938 bits per heavy atom. The van der Waals surface area contributed by atoms with Crippen molar-refractivity contribution in [3.63, 3.8) is 0 Å². The van der Waals surface area contributed by atoms with Crippen molar-refractivity contribution < 1.29 is 23.9 Å². The minimum absolute atomic E-state index is 1.16. The molecule has 0 saturated heterocycles. The van der Waals surface area contributed by atoms with E-state index in [0.29, 0.717) is 0 Å². The van der Waals surface area contributed by atoms with Crippen molar-refractivity contribution in [1.29, 1.82) is 0 Å². The summed E-state index contributed by atoms with van der Waals surface area (Å²) in [5.41, 5.74) is 1.53. The third-order valence-electron chi connectivity index (χ3n) is 2.81. The molecule has 3 heteroatoms. The molecule has 0 fully saturated rings. The molecule has 0 unspecified atom stereocenters. The summed E-state index contributed by atoms with van der Waals surface area (Å²) in [4.78, 5) is 0. The number of benzene rings is 1. The number of hydrogen-bond acceptors (Lipinski definition) is 0. The van der Waals surface area contributed by atoms with E-state index in [1.807, 2.05) is 0 Å². The summed E-state index contributed by atoms with van der Waals surface area (Å²) in [7, 11) is -2.43. The van der Waals surface area contributed by atoms with Gasteiger partial charge in [-0.25, -0.2) is 0 Å². The van der Waals surface area contributed by atoms with Crippen molar-refractivity contribution in [1.82, 2.24) is 0 Å². The van der Waals surface area contributed by atoms with Crippen molar-refractivity contribution in [3.05, 3.63) is 23.8 Å². The summed E-state index contributed by atoms with van der Waals surface area (Å²) in [6.07, 6.45) is 0. The van der Waals surface area contributed by atoms with Gasteiger partial charge in [0.25, 0.3) is 0 Å². The topological polar surface area (TPSA) is 0 Å². The Morgan fingerprint density at radius 3 is 1.88 bits per heavy atom. The summed E-state index contributed by atoms with van der Waals surface area (Å²) in [6.45, 7) is 14.8. The molecule has 0 aromatic heterocycles. The van der Waals surface area contributed by atoms with Crippen molar-refractivity contribution in [2.45, 2.75) is 39.3 Å². The van der Waals surface area contributed by atoms with E-state index in [1.165, 1.54) is 5.56 Å². The molecule has 1 rings (SSSR count). The van der Waals surface area contributed by atoms with Gasteiger partial charge in [0, 0.05) is 0 Å². The predicted molar refractivity (Wildman–Crippen MR) is 77.6 cm³/mol. The van der Waals surface area contributed by atoms with Crippen LogP contribution < -0.4 is 10.4 Å². The molecular formula is C13H22HfSi2+2. The average molecular weight is 413 g/mol. The van der Waals surface area contributed by atoms with Gasteiger partial charge >= 0.3 is 117 Å². The molecule has 1 aromatic rings. The standard InChI is InChI=1S/C13H22Si2.Hf/c1-11-9-8-10-12(14(2,3)4)13(11)15(5,6)7;/h1,8-10H,2-7H3;/q;+2. The maximum atomic E-state index is 2.47. The summed E-state index contributed by atoms with van der Waals surface area (Å²) >= 11 is 1.16. The summed E-state index contributed by atoms with van der Waals surface area (Å²) in [5, 5.41) is 3.42. The zero-order chi connectivity index (χ0) is 12.6. The van der Waals surface area contributed by atoms with Gasteiger partial charge in [0.05, 0.1) is 0 Å². The first kappa shape index (κ1) is 14.5. The van der Waals surface area contributed by atoms with E-state index < -0.39 is 16.1 Å². The molecule has 16 heavy (non-hydrogen) atoms. The summed E-state index contributed by atoms with van der Waals surface area (Å²) in [5.74, 6) is 0. The van der Waals surface area contributed by atoms with Gasteiger partial charge in [0.2, 0.25) is 0 Å². The van der Waals surface area contributed by atoms with E-state index in [0.717, 1.165) is 23.9 Å². The molecular weight excluding hydrogens is 391 g/mol. The molecule has 0 bridgehead atoms. The van der Waals surface area contributed by atoms with Crippen LogP contribution >= 0.6 is 0 Å². The Balaban J connectivity index is 3.57. The van der Waals surface area contributed by atoms with Crippen LogP contribution in [0.4, 0.5) is 0 Å². The average Bonchev–Trinajstić information content (AvgIpc) is 2.13. The second kappa shape index (κ2) is 4.95. The van der Waals surface area contributed by atoms with Crippen LogP contribution in [-0.2, 0) is 23.9 Å². The van der Waals surface area contributed by atoms with E-state index in [4.69, 9.17) is 0 Å². The Labute approximate surface area is 117 Å². The molecule has 0 radical (unpaired) electrons. The van der Waals surface area contributed by atoms with Crippen LogP contribution in [0, 0.1) is 0 Å². The fraction of sp³-hybridized carbons (Fsp3) is 0.462. The first-order valence-corrected chi connectivity index (χ1v) is 14.9. The van der Waals surface area contributed by atoms with Gasteiger partial charge in [0.1, 0.15) is 0 Å². The molecule has 84 valence electrons. The van der Waals surface area contributed by atoms with Crippen LogP contribution in [0.5, 0.6) is 0 Å². The fourth-order valence-corrected chi connectivity index (χ4v) is 9.19. The molecule has 0 atom stereocenters. The Morgan fingerprint density at radius 2 is 1.50 bits per heavy atom. The maximum absolute atomic E-state index is 2.47. The Hall–Kier alpha value is 0.394. The van der Waals surface area contributed by atoms with Crippen LogP contribution in [0.25, 0.3) is 0 Å². The second-order valence-corrected chi connectivity index (χ2v) is 17.5. The molecule has 0 nitrogen and oxygen atoms in total. The quantitative estimate of drug-likeness (QED) is 0.669. The monoisotopic (exact) mass is 414 g/mol. The zero-order valence-corrected chi connectivity index (χ0v) is 16.9. The molecule has 0 amide bonds. The van der Waals surface area contributed by atoms with Crippen molar-refractivity contribution in [2.24, 2.45) is 0 Å². The SMILES string of the molecule is C[Si](C)(C)c1cccc([CH]=[Hf+2])c1[Si](C)(C)C. The van der Waals surface area contributed by atoms with Gasteiger partial charge in [0.15, 0.2) is 0 Å². The van der Waals surface area contributed by atoms with E-state index in [2.05, 4.69) is 61.2 Å². The van der Waals surface area contributed by atoms with Crippen molar-refractivity contribution in [2.75, 3.05) is 0 Å². The van der Waals surface area contributed by atoms with Crippen LogP contribution in [0.15, 0.2) is 18.2 Å². The second-order valence-electron chi connectivity index (χ2n) is 6.41. The summed E-state index contributed by atoms with van der Waals surface area (Å²) in [6, 6.07) is 6.94. The first-order valence-electron chi connectivity index (χ1n) is 5.82. The fourth-order valence-electron chi connectivity index (χ4n) is 2.15. The van der Waals surface area contributed by atoms with Crippen LogP contribution in [0.1, 0.15) is 5.56 Å². The van der Waals surface area contributed by atoms with E-state index in [9.17, 15) is 0 Å². The zero-order valence-electron chi connectivity index (χ0n) is 11.3. The van der Waals surface area contributed by atoms with Gasteiger partial charge in [-0.2, -0.15) is 0 Å². The van der Waals surface area contributed by atoms with Crippen LogP contribution in [0.3, 0.4) is 0 Å². The predicted octanol–water partition coefficient (Wildman–Crippen LogP) is 2.47. The molecule has 0 aliphatic rings. The van der Waals surface area contributed by atoms with Gasteiger partial charge < -0.3 is 0 Å². The molecule has 0 spiro atoms. The van der Waals surface area contributed by atoms with Crippen molar-refractivity contribution >= 4 is 30.3 Å². The molecule has 1 aromatic carbocycles. The third-order valence-corrected chi connectivity index (χ3v) is 8.27. The molecule has 0 heterocycles. The number of hydrogen-bond donors (Lipinski definition) is 0.